The van der Waals surface area contributed by atoms with Gasteiger partial charge in [0.15, 0.2) is 5.58 Å². The molecule has 0 atom stereocenters. The maximum Gasteiger partial charge on any atom is 0.344 e. The third-order valence-corrected chi connectivity index (χ3v) is 6.21. The number of benzene rings is 4. The largest absolute Gasteiger partial charge is 0.506 e. The van der Waals surface area contributed by atoms with Crippen molar-refractivity contribution >= 4 is 66.8 Å². The summed E-state index contributed by atoms with van der Waals surface area (Å²) in [5.41, 5.74) is 0.0541. The molecule has 10 heteroatoms. The highest BCUT2D eigenvalue weighted by Gasteiger charge is 2.12. The molecule has 5 rings (SSSR count). The van der Waals surface area contributed by atoms with E-state index in [0.717, 1.165) is 5.39 Å². The molecule has 184 valence electrons. The van der Waals surface area contributed by atoms with Crippen LogP contribution in [0.1, 0.15) is 10.4 Å². The Morgan fingerprint density at radius 2 is 1.25 bits per heavy atom. The van der Waals surface area contributed by atoms with Crippen molar-refractivity contribution in [3.63, 3.8) is 0 Å². The molecule has 0 unspecified atom stereocenters. The Balaban J connectivity index is 0.000000163. The van der Waals surface area contributed by atoms with Crippen LogP contribution in [0.3, 0.4) is 0 Å². The van der Waals surface area contributed by atoms with Crippen LogP contribution in [0.25, 0.3) is 21.7 Å². The summed E-state index contributed by atoms with van der Waals surface area (Å²) < 4.78 is 5.75. The number of aromatic hydroxyl groups is 3. The molecule has 36 heavy (non-hydrogen) atoms. The molecule has 0 amide bonds. The van der Waals surface area contributed by atoms with E-state index in [1.165, 1.54) is 24.3 Å². The molecule has 1 aromatic heterocycles. The van der Waals surface area contributed by atoms with Crippen molar-refractivity contribution in [1.82, 2.24) is 0 Å². The van der Waals surface area contributed by atoms with Crippen LogP contribution < -0.4 is 5.63 Å². The van der Waals surface area contributed by atoms with Gasteiger partial charge in [-0.3, -0.25) is 0 Å². The molecule has 0 bridgehead atoms. The smallest absolute Gasteiger partial charge is 0.344 e. The highest BCUT2D eigenvalue weighted by molar-refractivity contribution is 9.10. The van der Waals surface area contributed by atoms with E-state index < -0.39 is 11.6 Å². The topological polar surface area (TPSA) is 128 Å². The fourth-order valence-electron chi connectivity index (χ4n) is 3.04. The SMILES string of the molecule is O=C(O)c1ccccc1Br.O=c1oc2c(Cl)c(O)ccc2c2ccccc12.Oc1cccc(O)c1Cl. The predicted octanol–water partition coefficient (Wildman–Crippen LogP) is 7.20. The lowest BCUT2D eigenvalue weighted by Gasteiger charge is -2.04. The number of phenols is 3. The molecule has 7 nitrogen and oxygen atoms in total. The maximum atomic E-state index is 11.7. The Morgan fingerprint density at radius 1 is 0.694 bits per heavy atom. The van der Waals surface area contributed by atoms with Gasteiger partial charge in [-0.1, -0.05) is 59.6 Å². The van der Waals surface area contributed by atoms with Gasteiger partial charge in [0.05, 0.1) is 10.9 Å². The third-order valence-electron chi connectivity index (χ3n) is 4.77. The molecular weight excluding hydrogens is 575 g/mol. The van der Waals surface area contributed by atoms with E-state index in [9.17, 15) is 14.7 Å². The van der Waals surface area contributed by atoms with E-state index >= 15 is 0 Å². The van der Waals surface area contributed by atoms with Gasteiger partial charge >= 0.3 is 11.6 Å². The number of halogens is 3. The summed E-state index contributed by atoms with van der Waals surface area (Å²) in [7, 11) is 0. The van der Waals surface area contributed by atoms with Crippen LogP contribution in [0.2, 0.25) is 10.0 Å². The van der Waals surface area contributed by atoms with Crippen molar-refractivity contribution in [3.05, 3.63) is 109 Å². The highest BCUT2D eigenvalue weighted by Crippen LogP contribution is 2.34. The molecule has 0 saturated carbocycles. The summed E-state index contributed by atoms with van der Waals surface area (Å²) >= 11 is 14.4. The van der Waals surface area contributed by atoms with Crippen molar-refractivity contribution in [2.75, 3.05) is 0 Å². The molecule has 0 aliphatic rings. The number of aromatic carboxylic acids is 1. The summed E-state index contributed by atoms with van der Waals surface area (Å²) in [6.07, 6.45) is 0. The highest BCUT2D eigenvalue weighted by atomic mass is 79.9. The first-order valence-electron chi connectivity index (χ1n) is 10.1. The summed E-state index contributed by atoms with van der Waals surface area (Å²) in [5, 5.41) is 37.7. The van der Waals surface area contributed by atoms with E-state index in [2.05, 4.69) is 15.9 Å². The summed E-state index contributed by atoms with van der Waals surface area (Å²) in [6, 6.07) is 21.3. The second-order valence-corrected chi connectivity index (χ2v) is 8.72. The number of carboxylic acids is 1. The lowest BCUT2D eigenvalue weighted by molar-refractivity contribution is 0.0696. The van der Waals surface area contributed by atoms with Crippen molar-refractivity contribution in [1.29, 1.82) is 0 Å². The van der Waals surface area contributed by atoms with Crippen LogP contribution in [-0.4, -0.2) is 26.4 Å². The van der Waals surface area contributed by atoms with E-state index in [1.54, 1.807) is 42.5 Å². The molecule has 0 saturated heterocycles. The maximum absolute atomic E-state index is 11.7. The summed E-state index contributed by atoms with van der Waals surface area (Å²) in [5.74, 6) is -1.21. The number of rotatable bonds is 1. The zero-order valence-electron chi connectivity index (χ0n) is 18.2. The van der Waals surface area contributed by atoms with Crippen molar-refractivity contribution < 1.29 is 29.6 Å². The number of phenolic OH excluding ortho intramolecular Hbond substituents is 3. The van der Waals surface area contributed by atoms with E-state index in [0.29, 0.717) is 20.8 Å². The van der Waals surface area contributed by atoms with Crippen molar-refractivity contribution in [3.8, 4) is 17.2 Å². The Hall–Kier alpha value is -3.72. The Morgan fingerprint density at radius 3 is 1.81 bits per heavy atom. The van der Waals surface area contributed by atoms with E-state index in [1.807, 2.05) is 12.1 Å². The Kier molecular flexibility index (Phi) is 8.82. The number of hydrogen-bond donors (Lipinski definition) is 4. The van der Waals surface area contributed by atoms with E-state index in [4.69, 9.17) is 42.9 Å². The first kappa shape index (κ1) is 26.9. The average Bonchev–Trinajstić information content (AvgIpc) is 2.86. The van der Waals surface area contributed by atoms with Gasteiger partial charge in [-0.2, -0.15) is 0 Å². The monoisotopic (exact) mass is 590 g/mol. The molecule has 0 aliphatic heterocycles. The van der Waals surface area contributed by atoms with Crippen LogP contribution >= 0.6 is 39.1 Å². The first-order chi connectivity index (χ1) is 17.1. The minimum atomic E-state index is -0.910. The van der Waals surface area contributed by atoms with Crippen LogP contribution in [0.15, 0.2) is 92.5 Å². The number of hydrogen-bond acceptors (Lipinski definition) is 6. The molecule has 1 heterocycles. The molecule has 0 spiro atoms. The van der Waals surface area contributed by atoms with Gasteiger partial charge in [-0.05, 0) is 63.8 Å². The minimum absolute atomic E-state index is 0.00231. The van der Waals surface area contributed by atoms with Crippen LogP contribution in [-0.2, 0) is 0 Å². The van der Waals surface area contributed by atoms with Gasteiger partial charge in [-0.15, -0.1) is 0 Å². The predicted molar refractivity (Wildman–Crippen MR) is 143 cm³/mol. The number of carbonyl (C=O) groups is 1. The normalized spacial score (nSPS) is 10.2. The molecular formula is C26H17BrCl2O7. The first-order valence-corrected chi connectivity index (χ1v) is 11.6. The van der Waals surface area contributed by atoms with E-state index in [-0.39, 0.29) is 32.9 Å². The Labute approximate surface area is 222 Å². The van der Waals surface area contributed by atoms with Gasteiger partial charge in [0, 0.05) is 9.86 Å². The van der Waals surface area contributed by atoms with Gasteiger partial charge in [0.1, 0.15) is 27.3 Å². The number of carboxylic acid groups (broad SMARTS) is 1. The molecule has 0 fully saturated rings. The molecule has 4 aromatic carbocycles. The third kappa shape index (κ3) is 6.09. The summed E-state index contributed by atoms with van der Waals surface area (Å²) in [6.45, 7) is 0. The van der Waals surface area contributed by atoms with Crippen molar-refractivity contribution in [2.45, 2.75) is 0 Å². The second kappa shape index (κ2) is 11.8. The molecule has 0 radical (unpaired) electrons. The van der Waals surface area contributed by atoms with Crippen molar-refractivity contribution in [2.24, 2.45) is 0 Å². The van der Waals surface area contributed by atoms with Gasteiger partial charge < -0.3 is 24.8 Å². The molecule has 0 aliphatic carbocycles. The van der Waals surface area contributed by atoms with Crippen LogP contribution in [0.4, 0.5) is 0 Å². The average molecular weight is 592 g/mol. The quantitative estimate of drug-likeness (QED) is 0.120. The zero-order valence-corrected chi connectivity index (χ0v) is 21.3. The fourth-order valence-corrected chi connectivity index (χ4v) is 3.83. The fraction of sp³-hybridized carbons (Fsp3) is 0. The van der Waals surface area contributed by atoms with Gasteiger partial charge in [0.2, 0.25) is 0 Å². The zero-order chi connectivity index (χ0) is 26.4. The Bertz CT molecular complexity index is 1600. The van der Waals surface area contributed by atoms with Crippen LogP contribution in [0.5, 0.6) is 17.2 Å². The van der Waals surface area contributed by atoms with Gasteiger partial charge in [-0.25, -0.2) is 9.59 Å². The number of fused-ring (bicyclic) bond motifs is 3. The second-order valence-electron chi connectivity index (χ2n) is 7.11. The standard InChI is InChI=1S/C13H7ClO3.C7H5BrO2.C6H5ClO2/c14-11-10(15)6-5-8-7-3-1-2-4-9(7)13(16)17-12(8)11;8-6-4-2-1-3-5(6)7(9)10;7-6-4(8)2-1-3-5(6)9/h1-6,15H;1-4H,(H,9,10);1-3,8-9H. The lowest BCUT2D eigenvalue weighted by atomic mass is 10.1. The lowest BCUT2D eigenvalue weighted by Crippen LogP contribution is -1.99. The van der Waals surface area contributed by atoms with Crippen LogP contribution in [0, 0.1) is 0 Å². The minimum Gasteiger partial charge on any atom is -0.506 e. The summed E-state index contributed by atoms with van der Waals surface area (Å²) in [4.78, 5) is 22.1. The molecule has 4 N–H and O–H groups in total. The molecule has 5 aromatic rings. The van der Waals surface area contributed by atoms with Gasteiger partial charge in [0.25, 0.3) is 0 Å².